The second-order valence-corrected chi connectivity index (χ2v) is 6.39. The first-order valence-electron chi connectivity index (χ1n) is 8.01. The molecule has 2 aromatic heterocycles. The molecule has 0 unspecified atom stereocenters. The van der Waals surface area contributed by atoms with Gasteiger partial charge in [0, 0.05) is 25.4 Å². The summed E-state index contributed by atoms with van der Waals surface area (Å²) in [6.07, 6.45) is 1.60. The molecule has 0 saturated heterocycles. The molecule has 0 radical (unpaired) electrons. The second-order valence-electron chi connectivity index (χ2n) is 5.95. The maximum Gasteiger partial charge on any atom is 0.258 e. The van der Waals surface area contributed by atoms with Gasteiger partial charge in [0.25, 0.3) is 5.56 Å². The predicted molar refractivity (Wildman–Crippen MR) is 97.4 cm³/mol. The van der Waals surface area contributed by atoms with Gasteiger partial charge in [-0.25, -0.2) is 4.98 Å². The van der Waals surface area contributed by atoms with Crippen LogP contribution in [0.3, 0.4) is 0 Å². The lowest BCUT2D eigenvalue weighted by molar-refractivity contribution is 0.268. The summed E-state index contributed by atoms with van der Waals surface area (Å²) in [6.45, 7) is 6.56. The number of aromatic nitrogens is 2. The van der Waals surface area contributed by atoms with Crippen LogP contribution >= 0.6 is 11.6 Å². The first-order valence-corrected chi connectivity index (χ1v) is 8.38. The lowest BCUT2D eigenvalue weighted by atomic mass is 10.1. The minimum absolute atomic E-state index is 0.107. The summed E-state index contributed by atoms with van der Waals surface area (Å²) in [5.74, 6) is 0. The molecule has 0 N–H and O–H groups in total. The Hall–Kier alpha value is -2.17. The van der Waals surface area contributed by atoms with Gasteiger partial charge in [0.1, 0.15) is 5.65 Å². The highest BCUT2D eigenvalue weighted by Crippen LogP contribution is 2.12. The monoisotopic (exact) mass is 341 g/mol. The maximum absolute atomic E-state index is 12.3. The normalized spacial score (nSPS) is 11.3. The molecule has 0 aliphatic heterocycles. The highest BCUT2D eigenvalue weighted by Gasteiger charge is 2.09. The third kappa shape index (κ3) is 3.83. The summed E-state index contributed by atoms with van der Waals surface area (Å²) in [5, 5.41) is 0.522. The fraction of sp³-hybridized carbons (Fsp3) is 0.263. The van der Waals surface area contributed by atoms with Crippen molar-refractivity contribution in [2.45, 2.75) is 26.9 Å². The molecular formula is C19H20ClN3O. The van der Waals surface area contributed by atoms with Gasteiger partial charge in [-0.3, -0.25) is 14.1 Å². The third-order valence-corrected chi connectivity index (χ3v) is 4.22. The summed E-state index contributed by atoms with van der Waals surface area (Å²) in [5.41, 5.74) is 3.80. The lowest BCUT2D eigenvalue weighted by Crippen LogP contribution is -2.25. The van der Waals surface area contributed by atoms with Gasteiger partial charge in [-0.2, -0.15) is 0 Å². The number of hydrogen-bond acceptors (Lipinski definition) is 3. The number of pyridine rings is 1. The molecule has 24 heavy (non-hydrogen) atoms. The van der Waals surface area contributed by atoms with Crippen molar-refractivity contribution in [3.8, 4) is 0 Å². The van der Waals surface area contributed by atoms with Crippen molar-refractivity contribution < 1.29 is 0 Å². The molecule has 3 rings (SSSR count). The van der Waals surface area contributed by atoms with E-state index in [9.17, 15) is 4.79 Å². The number of aryl methyl sites for hydroxylation is 1. The minimum atomic E-state index is -0.107. The number of rotatable bonds is 5. The molecule has 0 atom stereocenters. The van der Waals surface area contributed by atoms with Crippen molar-refractivity contribution in [3.05, 3.63) is 80.9 Å². The van der Waals surface area contributed by atoms with Gasteiger partial charge in [0.15, 0.2) is 0 Å². The van der Waals surface area contributed by atoms with Crippen molar-refractivity contribution in [1.82, 2.24) is 14.3 Å². The molecule has 0 aliphatic carbocycles. The SMILES string of the molecule is CCN(Cc1cccc(C)c1)Cc1cc(=O)n2cc(Cl)ccc2n1. The Morgan fingerprint density at radius 3 is 2.75 bits per heavy atom. The van der Waals surface area contributed by atoms with Gasteiger partial charge < -0.3 is 0 Å². The number of fused-ring (bicyclic) bond motifs is 1. The van der Waals surface area contributed by atoms with Gasteiger partial charge in [-0.05, 0) is 31.2 Å². The Bertz CT molecular complexity index is 920. The van der Waals surface area contributed by atoms with Crippen molar-refractivity contribution >= 4 is 17.2 Å². The Labute approximate surface area is 146 Å². The van der Waals surface area contributed by atoms with Crippen molar-refractivity contribution in [3.63, 3.8) is 0 Å². The van der Waals surface area contributed by atoms with Crippen LogP contribution in [0.2, 0.25) is 5.02 Å². The Balaban J connectivity index is 1.84. The number of hydrogen-bond donors (Lipinski definition) is 0. The third-order valence-electron chi connectivity index (χ3n) is 4.00. The van der Waals surface area contributed by atoms with E-state index < -0.39 is 0 Å². The molecule has 4 nitrogen and oxygen atoms in total. The molecule has 1 aromatic carbocycles. The van der Waals surface area contributed by atoms with Crippen LogP contribution in [0, 0.1) is 6.92 Å². The molecule has 0 fully saturated rings. The van der Waals surface area contributed by atoms with Gasteiger partial charge in [-0.1, -0.05) is 48.4 Å². The zero-order valence-electron chi connectivity index (χ0n) is 13.9. The van der Waals surface area contributed by atoms with E-state index in [1.54, 1.807) is 24.4 Å². The standard InChI is InChI=1S/C19H20ClN3O/c1-3-22(11-15-6-4-5-14(2)9-15)13-17-10-19(24)23-12-16(20)7-8-18(23)21-17/h4-10,12H,3,11,13H2,1-2H3. The molecule has 3 aromatic rings. The molecule has 0 aliphatic rings. The fourth-order valence-corrected chi connectivity index (χ4v) is 2.94. The molecule has 124 valence electrons. The van der Waals surface area contributed by atoms with Gasteiger partial charge in [-0.15, -0.1) is 0 Å². The van der Waals surface area contributed by atoms with Crippen molar-refractivity contribution in [1.29, 1.82) is 0 Å². The topological polar surface area (TPSA) is 37.6 Å². The molecule has 2 heterocycles. The smallest absolute Gasteiger partial charge is 0.258 e. The van der Waals surface area contributed by atoms with Crippen LogP contribution in [0.25, 0.3) is 5.65 Å². The summed E-state index contributed by atoms with van der Waals surface area (Å²) in [6, 6.07) is 13.6. The van der Waals surface area contributed by atoms with E-state index in [2.05, 4.69) is 48.0 Å². The second kappa shape index (κ2) is 7.16. The Kier molecular flexibility index (Phi) is 4.97. The zero-order chi connectivity index (χ0) is 17.1. The Morgan fingerprint density at radius 2 is 2.00 bits per heavy atom. The van der Waals surface area contributed by atoms with Crippen LogP contribution in [0.4, 0.5) is 0 Å². The summed E-state index contributed by atoms with van der Waals surface area (Å²) in [4.78, 5) is 19.1. The van der Waals surface area contributed by atoms with E-state index in [1.807, 2.05) is 0 Å². The largest absolute Gasteiger partial charge is 0.294 e. The summed E-state index contributed by atoms with van der Waals surface area (Å²) < 4.78 is 1.47. The Morgan fingerprint density at radius 1 is 1.17 bits per heavy atom. The van der Waals surface area contributed by atoms with Crippen molar-refractivity contribution in [2.75, 3.05) is 6.54 Å². The molecule has 0 saturated carbocycles. The minimum Gasteiger partial charge on any atom is -0.294 e. The molecule has 5 heteroatoms. The molecule has 0 spiro atoms. The molecule has 0 bridgehead atoms. The predicted octanol–water partition coefficient (Wildman–Crippen LogP) is 3.68. The average molecular weight is 342 g/mol. The van der Waals surface area contributed by atoms with Crippen LogP contribution in [-0.4, -0.2) is 20.8 Å². The van der Waals surface area contributed by atoms with Crippen LogP contribution in [-0.2, 0) is 13.1 Å². The fourth-order valence-electron chi connectivity index (χ4n) is 2.78. The van der Waals surface area contributed by atoms with Gasteiger partial charge in [0.2, 0.25) is 0 Å². The van der Waals surface area contributed by atoms with Crippen LogP contribution in [0.5, 0.6) is 0 Å². The number of halogens is 1. The van der Waals surface area contributed by atoms with E-state index >= 15 is 0 Å². The first kappa shape index (κ1) is 16.7. The molecular weight excluding hydrogens is 322 g/mol. The number of nitrogens with zero attached hydrogens (tertiary/aromatic N) is 3. The average Bonchev–Trinajstić information content (AvgIpc) is 2.55. The lowest BCUT2D eigenvalue weighted by Gasteiger charge is -2.20. The van der Waals surface area contributed by atoms with Crippen LogP contribution in [0.1, 0.15) is 23.7 Å². The van der Waals surface area contributed by atoms with Crippen LogP contribution in [0.15, 0.2) is 53.5 Å². The highest BCUT2D eigenvalue weighted by atomic mass is 35.5. The van der Waals surface area contributed by atoms with E-state index in [-0.39, 0.29) is 5.56 Å². The zero-order valence-corrected chi connectivity index (χ0v) is 14.6. The molecule has 0 amide bonds. The quantitative estimate of drug-likeness (QED) is 0.710. The maximum atomic E-state index is 12.3. The van der Waals surface area contributed by atoms with Gasteiger partial charge >= 0.3 is 0 Å². The summed E-state index contributed by atoms with van der Waals surface area (Å²) in [7, 11) is 0. The summed E-state index contributed by atoms with van der Waals surface area (Å²) >= 11 is 5.94. The van der Waals surface area contributed by atoms with E-state index in [0.29, 0.717) is 17.2 Å². The number of benzene rings is 1. The van der Waals surface area contributed by atoms with Crippen molar-refractivity contribution in [2.24, 2.45) is 0 Å². The van der Waals surface area contributed by atoms with E-state index in [1.165, 1.54) is 15.5 Å². The first-order chi connectivity index (χ1) is 11.5. The van der Waals surface area contributed by atoms with E-state index in [0.717, 1.165) is 18.8 Å². The van der Waals surface area contributed by atoms with Gasteiger partial charge in [0.05, 0.1) is 10.7 Å². The van der Waals surface area contributed by atoms with E-state index in [4.69, 9.17) is 11.6 Å². The highest BCUT2D eigenvalue weighted by molar-refractivity contribution is 6.30. The van der Waals surface area contributed by atoms with Crippen LogP contribution < -0.4 is 5.56 Å².